The number of hydrogen-bond donors (Lipinski definition) is 1. The van der Waals surface area contributed by atoms with Crippen LogP contribution in [0.1, 0.15) is 31.2 Å². The van der Waals surface area contributed by atoms with E-state index in [2.05, 4.69) is 15.3 Å². The van der Waals surface area contributed by atoms with Crippen molar-refractivity contribution in [3.05, 3.63) is 42.0 Å². The highest BCUT2D eigenvalue weighted by molar-refractivity contribution is 5.79. The van der Waals surface area contributed by atoms with Crippen LogP contribution in [0, 0.1) is 5.82 Å². The molecule has 1 saturated carbocycles. The SMILES string of the molecule is COc1ccc(CC(=O)NC2CCC(Oc3ncc(F)cn3)CC2)cc1OC. The van der Waals surface area contributed by atoms with Crippen LogP contribution in [0.5, 0.6) is 17.5 Å². The lowest BCUT2D eigenvalue weighted by molar-refractivity contribution is -0.121. The molecule has 150 valence electrons. The molecule has 0 aliphatic heterocycles. The minimum atomic E-state index is -0.492. The third kappa shape index (κ3) is 5.31. The molecule has 1 fully saturated rings. The molecule has 0 radical (unpaired) electrons. The van der Waals surface area contributed by atoms with E-state index < -0.39 is 5.82 Å². The van der Waals surface area contributed by atoms with Crippen molar-refractivity contribution < 1.29 is 23.4 Å². The van der Waals surface area contributed by atoms with Gasteiger partial charge in [-0.05, 0) is 43.4 Å². The van der Waals surface area contributed by atoms with Gasteiger partial charge in [0.25, 0.3) is 0 Å². The zero-order valence-electron chi connectivity index (χ0n) is 16.0. The van der Waals surface area contributed by atoms with Crippen molar-refractivity contribution in [2.75, 3.05) is 14.2 Å². The number of amides is 1. The molecule has 1 amide bonds. The Morgan fingerprint density at radius 1 is 1.11 bits per heavy atom. The van der Waals surface area contributed by atoms with E-state index in [9.17, 15) is 9.18 Å². The lowest BCUT2D eigenvalue weighted by atomic mass is 9.93. The van der Waals surface area contributed by atoms with Crippen LogP contribution in [-0.4, -0.2) is 42.2 Å². The molecule has 0 atom stereocenters. The van der Waals surface area contributed by atoms with Gasteiger partial charge in [-0.3, -0.25) is 4.79 Å². The summed E-state index contributed by atoms with van der Waals surface area (Å²) >= 11 is 0. The van der Waals surface area contributed by atoms with Crippen molar-refractivity contribution in [3.63, 3.8) is 0 Å². The number of nitrogens with one attached hydrogen (secondary N) is 1. The van der Waals surface area contributed by atoms with Gasteiger partial charge in [-0.1, -0.05) is 6.07 Å². The van der Waals surface area contributed by atoms with Crippen LogP contribution in [0.25, 0.3) is 0 Å². The number of halogens is 1. The Hall–Kier alpha value is -2.90. The Labute approximate surface area is 163 Å². The van der Waals surface area contributed by atoms with Crippen LogP contribution in [0.15, 0.2) is 30.6 Å². The lowest BCUT2D eigenvalue weighted by Crippen LogP contribution is -2.40. The molecule has 1 N–H and O–H groups in total. The summed E-state index contributed by atoms with van der Waals surface area (Å²) in [5.41, 5.74) is 0.862. The molecule has 0 spiro atoms. The average molecular weight is 389 g/mol. The second kappa shape index (κ2) is 9.34. The van der Waals surface area contributed by atoms with E-state index in [-0.39, 0.29) is 30.5 Å². The fourth-order valence-corrected chi connectivity index (χ4v) is 3.29. The number of methoxy groups -OCH3 is 2. The van der Waals surface area contributed by atoms with Crippen molar-refractivity contribution in [2.45, 2.75) is 44.2 Å². The van der Waals surface area contributed by atoms with Gasteiger partial charge in [0, 0.05) is 6.04 Å². The molecule has 0 unspecified atom stereocenters. The van der Waals surface area contributed by atoms with Crippen molar-refractivity contribution in [2.24, 2.45) is 0 Å². The number of rotatable bonds is 7. The first-order chi connectivity index (χ1) is 13.6. The second-order valence-electron chi connectivity index (χ2n) is 6.71. The number of nitrogens with zero attached hydrogens (tertiary/aromatic N) is 2. The summed E-state index contributed by atoms with van der Waals surface area (Å²) in [6.07, 6.45) is 5.60. The molecule has 1 aromatic heterocycles. The third-order valence-electron chi connectivity index (χ3n) is 4.72. The molecule has 1 aliphatic rings. The quantitative estimate of drug-likeness (QED) is 0.784. The lowest BCUT2D eigenvalue weighted by Gasteiger charge is -2.28. The first kappa shape index (κ1) is 19.9. The predicted octanol–water partition coefficient (Wildman–Crippen LogP) is 2.68. The molecule has 28 heavy (non-hydrogen) atoms. The number of carbonyl (C=O) groups excluding carboxylic acids is 1. The Bertz CT molecular complexity index is 793. The van der Waals surface area contributed by atoms with Crippen molar-refractivity contribution in [3.8, 4) is 17.5 Å². The zero-order valence-corrected chi connectivity index (χ0v) is 16.0. The number of aromatic nitrogens is 2. The highest BCUT2D eigenvalue weighted by Gasteiger charge is 2.24. The van der Waals surface area contributed by atoms with Crippen molar-refractivity contribution in [1.29, 1.82) is 0 Å². The Balaban J connectivity index is 1.45. The molecule has 3 rings (SSSR count). The van der Waals surface area contributed by atoms with E-state index >= 15 is 0 Å². The predicted molar refractivity (Wildman–Crippen MR) is 100 cm³/mol. The minimum absolute atomic E-state index is 0.0236. The fourth-order valence-electron chi connectivity index (χ4n) is 3.29. The maximum absolute atomic E-state index is 12.8. The van der Waals surface area contributed by atoms with Gasteiger partial charge in [0.15, 0.2) is 17.3 Å². The van der Waals surface area contributed by atoms with Gasteiger partial charge in [-0.2, -0.15) is 0 Å². The summed E-state index contributed by atoms with van der Waals surface area (Å²) in [5, 5.41) is 3.08. The first-order valence-corrected chi connectivity index (χ1v) is 9.22. The van der Waals surface area contributed by atoms with Crippen LogP contribution in [-0.2, 0) is 11.2 Å². The number of carbonyl (C=O) groups is 1. The van der Waals surface area contributed by atoms with E-state index in [0.29, 0.717) is 11.5 Å². The summed E-state index contributed by atoms with van der Waals surface area (Å²) in [6, 6.07) is 5.76. The van der Waals surface area contributed by atoms with E-state index in [1.807, 2.05) is 12.1 Å². The van der Waals surface area contributed by atoms with Gasteiger partial charge in [-0.25, -0.2) is 14.4 Å². The molecule has 8 heteroatoms. The summed E-state index contributed by atoms with van der Waals surface area (Å²) in [7, 11) is 3.14. The summed E-state index contributed by atoms with van der Waals surface area (Å²) in [6.45, 7) is 0. The van der Waals surface area contributed by atoms with E-state index in [0.717, 1.165) is 43.6 Å². The van der Waals surface area contributed by atoms with E-state index in [1.54, 1.807) is 20.3 Å². The van der Waals surface area contributed by atoms with Gasteiger partial charge in [0.1, 0.15) is 6.10 Å². The van der Waals surface area contributed by atoms with Gasteiger partial charge in [-0.15, -0.1) is 0 Å². The van der Waals surface area contributed by atoms with Crippen LogP contribution in [0.4, 0.5) is 4.39 Å². The zero-order chi connectivity index (χ0) is 19.9. The molecule has 1 aromatic carbocycles. The van der Waals surface area contributed by atoms with E-state index in [1.165, 1.54) is 0 Å². The van der Waals surface area contributed by atoms with Gasteiger partial charge < -0.3 is 19.5 Å². The standard InChI is InChI=1S/C20H24FN3O4/c1-26-17-8-3-13(9-18(17)27-2)10-19(25)24-15-4-6-16(7-5-15)28-20-22-11-14(21)12-23-20/h3,8-9,11-12,15-16H,4-7,10H2,1-2H3,(H,24,25). The molecule has 7 nitrogen and oxygen atoms in total. The topological polar surface area (TPSA) is 82.6 Å². The Kier molecular flexibility index (Phi) is 6.62. The molecule has 2 aromatic rings. The van der Waals surface area contributed by atoms with Crippen LogP contribution in [0.3, 0.4) is 0 Å². The largest absolute Gasteiger partial charge is 0.493 e. The number of hydrogen-bond acceptors (Lipinski definition) is 6. The second-order valence-corrected chi connectivity index (χ2v) is 6.71. The number of ether oxygens (including phenoxy) is 3. The molecular formula is C20H24FN3O4. The molecule has 0 saturated heterocycles. The van der Waals surface area contributed by atoms with Crippen molar-refractivity contribution >= 4 is 5.91 Å². The summed E-state index contributed by atoms with van der Waals surface area (Å²) < 4.78 is 29.0. The molecular weight excluding hydrogens is 365 g/mol. The highest BCUT2D eigenvalue weighted by Crippen LogP contribution is 2.28. The Morgan fingerprint density at radius 2 is 1.79 bits per heavy atom. The maximum atomic E-state index is 12.8. The van der Waals surface area contributed by atoms with Gasteiger partial charge in [0.2, 0.25) is 5.91 Å². The highest BCUT2D eigenvalue weighted by atomic mass is 19.1. The van der Waals surface area contributed by atoms with Gasteiger partial charge >= 0.3 is 6.01 Å². The number of benzene rings is 1. The normalized spacial score (nSPS) is 19.0. The summed E-state index contributed by atoms with van der Waals surface area (Å²) in [4.78, 5) is 20.0. The average Bonchev–Trinajstić information content (AvgIpc) is 2.71. The minimum Gasteiger partial charge on any atom is -0.493 e. The fraction of sp³-hybridized carbons (Fsp3) is 0.450. The van der Waals surface area contributed by atoms with E-state index in [4.69, 9.17) is 14.2 Å². The van der Waals surface area contributed by atoms with Gasteiger partial charge in [0.05, 0.1) is 33.0 Å². The maximum Gasteiger partial charge on any atom is 0.316 e. The van der Waals surface area contributed by atoms with Crippen LogP contribution in [0.2, 0.25) is 0 Å². The Morgan fingerprint density at radius 3 is 2.43 bits per heavy atom. The third-order valence-corrected chi connectivity index (χ3v) is 4.72. The monoisotopic (exact) mass is 389 g/mol. The molecule has 1 aliphatic carbocycles. The van der Waals surface area contributed by atoms with Crippen LogP contribution < -0.4 is 19.5 Å². The van der Waals surface area contributed by atoms with Crippen molar-refractivity contribution in [1.82, 2.24) is 15.3 Å². The smallest absolute Gasteiger partial charge is 0.316 e. The first-order valence-electron chi connectivity index (χ1n) is 9.22. The molecule has 0 bridgehead atoms. The van der Waals surface area contributed by atoms with Crippen LogP contribution >= 0.6 is 0 Å². The summed E-state index contributed by atoms with van der Waals surface area (Å²) in [5.74, 6) is 0.718. The molecule has 1 heterocycles.